The van der Waals surface area contributed by atoms with Crippen LogP contribution in [0.25, 0.3) is 0 Å². The summed E-state index contributed by atoms with van der Waals surface area (Å²) in [6.07, 6.45) is 3.85. The average molecular weight is 264 g/mol. The molecular weight excluding hydrogens is 244 g/mol. The molecule has 1 aliphatic carbocycles. The standard InChI is InChI=1S/C13H20N4O2/c1-14-12-7-6-11(15-16-12)13(19)17(8-3-9-18)10-4-2-5-10/h6-7,10,18H,2-5,8-9H2,1H3,(H,14,16). The van der Waals surface area contributed by atoms with Gasteiger partial charge < -0.3 is 15.3 Å². The zero-order valence-corrected chi connectivity index (χ0v) is 11.2. The molecule has 1 aromatic rings. The van der Waals surface area contributed by atoms with Crippen molar-refractivity contribution in [2.75, 3.05) is 25.5 Å². The first-order valence-corrected chi connectivity index (χ1v) is 6.69. The Morgan fingerprint density at radius 1 is 1.47 bits per heavy atom. The predicted molar refractivity (Wildman–Crippen MR) is 72.0 cm³/mol. The molecule has 1 heterocycles. The van der Waals surface area contributed by atoms with Crippen molar-refractivity contribution in [3.05, 3.63) is 17.8 Å². The number of nitrogens with zero attached hydrogens (tertiary/aromatic N) is 3. The van der Waals surface area contributed by atoms with Crippen LogP contribution in [0, 0.1) is 0 Å². The summed E-state index contributed by atoms with van der Waals surface area (Å²) < 4.78 is 0. The van der Waals surface area contributed by atoms with E-state index in [0.717, 1.165) is 19.3 Å². The highest BCUT2D eigenvalue weighted by Gasteiger charge is 2.29. The molecule has 0 spiro atoms. The molecule has 0 atom stereocenters. The van der Waals surface area contributed by atoms with E-state index in [1.807, 2.05) is 4.90 Å². The molecule has 19 heavy (non-hydrogen) atoms. The van der Waals surface area contributed by atoms with Gasteiger partial charge in [-0.2, -0.15) is 0 Å². The van der Waals surface area contributed by atoms with Gasteiger partial charge in [-0.15, -0.1) is 10.2 Å². The summed E-state index contributed by atoms with van der Waals surface area (Å²) in [4.78, 5) is 14.2. The number of nitrogens with one attached hydrogen (secondary N) is 1. The van der Waals surface area contributed by atoms with Crippen LogP contribution in [0.2, 0.25) is 0 Å². The zero-order chi connectivity index (χ0) is 13.7. The molecule has 6 heteroatoms. The second-order valence-electron chi connectivity index (χ2n) is 4.71. The number of carbonyl (C=O) groups excluding carboxylic acids is 1. The number of aromatic nitrogens is 2. The molecule has 0 bridgehead atoms. The van der Waals surface area contributed by atoms with Crippen molar-refractivity contribution >= 4 is 11.7 Å². The van der Waals surface area contributed by atoms with Crippen molar-refractivity contribution in [1.82, 2.24) is 15.1 Å². The fourth-order valence-electron chi connectivity index (χ4n) is 2.12. The lowest BCUT2D eigenvalue weighted by Crippen LogP contribution is -2.45. The molecule has 0 aliphatic heterocycles. The van der Waals surface area contributed by atoms with E-state index < -0.39 is 0 Å². The Hall–Kier alpha value is -1.69. The molecule has 0 aromatic carbocycles. The molecule has 1 aliphatic rings. The second-order valence-corrected chi connectivity index (χ2v) is 4.71. The highest BCUT2D eigenvalue weighted by Crippen LogP contribution is 2.26. The molecule has 1 aromatic heterocycles. The number of amides is 1. The maximum Gasteiger partial charge on any atom is 0.274 e. The summed E-state index contributed by atoms with van der Waals surface area (Å²) in [5.41, 5.74) is 0.365. The van der Waals surface area contributed by atoms with Gasteiger partial charge in [0.05, 0.1) is 0 Å². The van der Waals surface area contributed by atoms with Crippen molar-refractivity contribution < 1.29 is 9.90 Å². The molecule has 6 nitrogen and oxygen atoms in total. The Labute approximate surface area is 112 Å². The molecule has 0 saturated heterocycles. The van der Waals surface area contributed by atoms with E-state index in [9.17, 15) is 4.79 Å². The van der Waals surface area contributed by atoms with Crippen molar-refractivity contribution in [3.63, 3.8) is 0 Å². The van der Waals surface area contributed by atoms with Gasteiger partial charge in [-0.1, -0.05) is 0 Å². The normalized spacial score (nSPS) is 14.8. The van der Waals surface area contributed by atoms with Crippen LogP contribution in [0.3, 0.4) is 0 Å². The largest absolute Gasteiger partial charge is 0.396 e. The van der Waals surface area contributed by atoms with Crippen LogP contribution in [-0.2, 0) is 0 Å². The molecule has 2 rings (SSSR count). The van der Waals surface area contributed by atoms with Gasteiger partial charge in [-0.05, 0) is 37.8 Å². The van der Waals surface area contributed by atoms with E-state index in [1.54, 1.807) is 19.2 Å². The van der Waals surface area contributed by atoms with Crippen molar-refractivity contribution in [2.24, 2.45) is 0 Å². The first-order valence-electron chi connectivity index (χ1n) is 6.69. The quantitative estimate of drug-likeness (QED) is 0.798. The fourth-order valence-corrected chi connectivity index (χ4v) is 2.12. The van der Waals surface area contributed by atoms with Gasteiger partial charge in [0, 0.05) is 26.2 Å². The van der Waals surface area contributed by atoms with Gasteiger partial charge in [0.2, 0.25) is 0 Å². The number of hydrogen-bond acceptors (Lipinski definition) is 5. The third-order valence-electron chi connectivity index (χ3n) is 3.47. The van der Waals surface area contributed by atoms with Gasteiger partial charge in [0.15, 0.2) is 5.69 Å². The van der Waals surface area contributed by atoms with Gasteiger partial charge >= 0.3 is 0 Å². The minimum Gasteiger partial charge on any atom is -0.396 e. The van der Waals surface area contributed by atoms with Gasteiger partial charge in [-0.25, -0.2) is 0 Å². The molecule has 2 N–H and O–H groups in total. The topological polar surface area (TPSA) is 78.4 Å². The Morgan fingerprint density at radius 2 is 2.26 bits per heavy atom. The van der Waals surface area contributed by atoms with Crippen LogP contribution >= 0.6 is 0 Å². The van der Waals surface area contributed by atoms with Crippen LogP contribution in [0.4, 0.5) is 5.82 Å². The Morgan fingerprint density at radius 3 is 2.74 bits per heavy atom. The number of hydrogen-bond donors (Lipinski definition) is 2. The predicted octanol–water partition coefficient (Wildman–Crippen LogP) is 0.895. The van der Waals surface area contributed by atoms with E-state index in [-0.39, 0.29) is 12.5 Å². The number of anilines is 1. The number of aliphatic hydroxyl groups excluding tert-OH is 1. The lowest BCUT2D eigenvalue weighted by atomic mass is 9.91. The van der Waals surface area contributed by atoms with Crippen molar-refractivity contribution in [2.45, 2.75) is 31.7 Å². The molecule has 1 saturated carbocycles. The SMILES string of the molecule is CNc1ccc(C(=O)N(CCCO)C2CCC2)nn1. The molecular formula is C13H20N4O2. The van der Waals surface area contributed by atoms with Crippen LogP contribution in [0.15, 0.2) is 12.1 Å². The van der Waals surface area contributed by atoms with Gasteiger partial charge in [0.25, 0.3) is 5.91 Å². The molecule has 104 valence electrons. The van der Waals surface area contributed by atoms with Crippen molar-refractivity contribution in [1.29, 1.82) is 0 Å². The summed E-state index contributed by atoms with van der Waals surface area (Å²) in [6.45, 7) is 0.677. The lowest BCUT2D eigenvalue weighted by molar-refractivity contribution is 0.0555. The zero-order valence-electron chi connectivity index (χ0n) is 11.2. The summed E-state index contributed by atoms with van der Waals surface area (Å²) in [5, 5.41) is 19.7. The van der Waals surface area contributed by atoms with Crippen molar-refractivity contribution in [3.8, 4) is 0 Å². The Kier molecular flexibility index (Phi) is 4.68. The summed E-state index contributed by atoms with van der Waals surface area (Å²) in [5.74, 6) is 0.551. The molecule has 0 unspecified atom stereocenters. The van der Waals surface area contributed by atoms with Crippen LogP contribution in [-0.4, -0.2) is 52.4 Å². The minimum absolute atomic E-state index is 0.0895. The van der Waals surface area contributed by atoms with Crippen LogP contribution < -0.4 is 5.32 Å². The lowest BCUT2D eigenvalue weighted by Gasteiger charge is -2.37. The van der Waals surface area contributed by atoms with E-state index in [2.05, 4.69) is 15.5 Å². The third kappa shape index (κ3) is 3.20. The van der Waals surface area contributed by atoms with E-state index in [0.29, 0.717) is 30.5 Å². The fraction of sp³-hybridized carbons (Fsp3) is 0.615. The van der Waals surface area contributed by atoms with Gasteiger partial charge in [-0.3, -0.25) is 4.79 Å². The smallest absolute Gasteiger partial charge is 0.274 e. The first-order chi connectivity index (χ1) is 9.26. The van der Waals surface area contributed by atoms with E-state index in [4.69, 9.17) is 5.11 Å². The Bertz CT molecular complexity index is 417. The first kappa shape index (κ1) is 13.7. The maximum atomic E-state index is 12.4. The third-order valence-corrected chi connectivity index (χ3v) is 3.47. The summed E-state index contributed by atoms with van der Waals surface area (Å²) in [6, 6.07) is 3.72. The van der Waals surface area contributed by atoms with Crippen LogP contribution in [0.5, 0.6) is 0 Å². The molecule has 0 radical (unpaired) electrons. The average Bonchev–Trinajstić information content (AvgIpc) is 2.40. The van der Waals surface area contributed by atoms with E-state index in [1.165, 1.54) is 0 Å². The summed E-state index contributed by atoms with van der Waals surface area (Å²) in [7, 11) is 1.76. The number of carbonyl (C=O) groups is 1. The van der Waals surface area contributed by atoms with Gasteiger partial charge in [0.1, 0.15) is 5.82 Å². The van der Waals surface area contributed by atoms with Crippen LogP contribution in [0.1, 0.15) is 36.2 Å². The highest BCUT2D eigenvalue weighted by atomic mass is 16.3. The summed E-state index contributed by atoms with van der Waals surface area (Å²) >= 11 is 0. The maximum absolute atomic E-state index is 12.4. The molecule has 1 fully saturated rings. The minimum atomic E-state index is -0.0895. The molecule has 1 amide bonds. The van der Waals surface area contributed by atoms with E-state index >= 15 is 0 Å². The highest BCUT2D eigenvalue weighted by molar-refractivity contribution is 5.92. The monoisotopic (exact) mass is 264 g/mol. The number of aliphatic hydroxyl groups is 1. The number of rotatable bonds is 6. The Balaban J connectivity index is 2.08. The second kappa shape index (κ2) is 6.47.